The number of carbonyl (C=O) groups excluding carboxylic acids is 1. The lowest BCUT2D eigenvalue weighted by Gasteiger charge is -2.17. The summed E-state index contributed by atoms with van der Waals surface area (Å²) >= 11 is 3.13. The number of hydrogen-bond acceptors (Lipinski definition) is 4. The van der Waals surface area contributed by atoms with Gasteiger partial charge < -0.3 is 15.2 Å². The molecular weight excluding hydrogens is 343 g/mol. The van der Waals surface area contributed by atoms with Crippen molar-refractivity contribution in [2.24, 2.45) is 5.73 Å². The van der Waals surface area contributed by atoms with Crippen LogP contribution in [0.15, 0.2) is 22.7 Å². The molecule has 0 radical (unpaired) electrons. The van der Waals surface area contributed by atoms with Crippen molar-refractivity contribution in [1.82, 2.24) is 0 Å². The first-order valence-corrected chi connectivity index (χ1v) is 6.48. The Morgan fingerprint density at radius 1 is 1.45 bits per heavy atom. The summed E-state index contributed by atoms with van der Waals surface area (Å²) in [6.07, 6.45) is -5.06. The minimum absolute atomic E-state index is 0.0738. The molecule has 4 nitrogen and oxygen atoms in total. The average Bonchev–Trinajstić information content (AvgIpc) is 2.29. The zero-order valence-electron chi connectivity index (χ0n) is 10.5. The molecule has 1 atom stereocenters. The maximum atomic E-state index is 12.3. The van der Waals surface area contributed by atoms with E-state index in [1.54, 1.807) is 6.92 Å². The third kappa shape index (κ3) is 5.38. The highest BCUT2D eigenvalue weighted by Crippen LogP contribution is 2.33. The van der Waals surface area contributed by atoms with Gasteiger partial charge in [0.15, 0.2) is 0 Å². The summed E-state index contributed by atoms with van der Waals surface area (Å²) in [6.45, 7) is 1.80. The standard InChI is InChI=1S/C12H13BrF3NO3/c1-2-19-11(18)6-9(17)8-5-7(13)3-4-10(8)20-12(14,15)16/h3-5,9H,2,6,17H2,1H3/t9-/m1/s1. The summed E-state index contributed by atoms with van der Waals surface area (Å²) in [5, 5.41) is 0. The number of alkyl halides is 3. The van der Waals surface area contributed by atoms with Gasteiger partial charge in [-0.05, 0) is 25.1 Å². The third-order valence-corrected chi connectivity index (χ3v) is 2.78. The summed E-state index contributed by atoms with van der Waals surface area (Å²) < 4.78 is 46.0. The Labute approximate surface area is 122 Å². The number of benzene rings is 1. The van der Waals surface area contributed by atoms with Crippen molar-refractivity contribution < 1.29 is 27.4 Å². The zero-order chi connectivity index (χ0) is 15.3. The molecule has 0 saturated carbocycles. The SMILES string of the molecule is CCOC(=O)C[C@@H](N)c1cc(Br)ccc1OC(F)(F)F. The second-order valence-electron chi connectivity index (χ2n) is 3.85. The summed E-state index contributed by atoms with van der Waals surface area (Å²) in [7, 11) is 0. The number of esters is 1. The van der Waals surface area contributed by atoms with Gasteiger partial charge in [-0.25, -0.2) is 0 Å². The minimum atomic E-state index is -4.83. The van der Waals surface area contributed by atoms with Crippen LogP contribution in [0.1, 0.15) is 24.9 Å². The molecule has 112 valence electrons. The molecule has 8 heteroatoms. The summed E-state index contributed by atoms with van der Waals surface area (Å²) in [6, 6.07) is 2.95. The molecule has 0 fully saturated rings. The van der Waals surface area contributed by atoms with Gasteiger partial charge in [-0.3, -0.25) is 4.79 Å². The number of ether oxygens (including phenoxy) is 2. The van der Waals surface area contributed by atoms with Crippen LogP contribution in [0.3, 0.4) is 0 Å². The molecule has 2 N–H and O–H groups in total. The minimum Gasteiger partial charge on any atom is -0.466 e. The van der Waals surface area contributed by atoms with Crippen molar-refractivity contribution in [3.63, 3.8) is 0 Å². The zero-order valence-corrected chi connectivity index (χ0v) is 12.1. The summed E-state index contributed by atoms with van der Waals surface area (Å²) in [4.78, 5) is 11.3. The Kier molecular flexibility index (Phi) is 5.82. The van der Waals surface area contributed by atoms with Crippen molar-refractivity contribution in [2.75, 3.05) is 6.61 Å². The number of rotatable bonds is 5. The van der Waals surface area contributed by atoms with Gasteiger partial charge in [0.25, 0.3) is 0 Å². The monoisotopic (exact) mass is 355 g/mol. The number of halogens is 4. The van der Waals surface area contributed by atoms with E-state index in [0.29, 0.717) is 4.47 Å². The highest BCUT2D eigenvalue weighted by atomic mass is 79.9. The van der Waals surface area contributed by atoms with Crippen molar-refractivity contribution in [3.05, 3.63) is 28.2 Å². The second kappa shape index (κ2) is 6.94. The van der Waals surface area contributed by atoms with Crippen LogP contribution in [0.25, 0.3) is 0 Å². The number of nitrogens with two attached hydrogens (primary N) is 1. The van der Waals surface area contributed by atoms with E-state index < -0.39 is 24.1 Å². The van der Waals surface area contributed by atoms with E-state index in [1.165, 1.54) is 12.1 Å². The molecule has 0 aliphatic carbocycles. The lowest BCUT2D eigenvalue weighted by molar-refractivity contribution is -0.275. The van der Waals surface area contributed by atoms with Gasteiger partial charge in [0.2, 0.25) is 0 Å². The van der Waals surface area contributed by atoms with Crippen molar-refractivity contribution in [2.45, 2.75) is 25.7 Å². The molecule has 0 aromatic heterocycles. The van der Waals surface area contributed by atoms with Crippen molar-refractivity contribution in [3.8, 4) is 5.75 Å². The van der Waals surface area contributed by atoms with E-state index in [9.17, 15) is 18.0 Å². The number of carbonyl (C=O) groups is 1. The van der Waals surface area contributed by atoms with E-state index in [1.807, 2.05) is 0 Å². The molecule has 0 spiro atoms. The Balaban J connectivity index is 2.96. The first-order valence-electron chi connectivity index (χ1n) is 5.69. The van der Waals surface area contributed by atoms with Gasteiger partial charge in [-0.15, -0.1) is 13.2 Å². The maximum Gasteiger partial charge on any atom is 0.573 e. The fourth-order valence-electron chi connectivity index (χ4n) is 1.54. The van der Waals surface area contributed by atoms with Gasteiger partial charge in [0.05, 0.1) is 13.0 Å². The molecule has 0 aliphatic heterocycles. The molecule has 0 aliphatic rings. The summed E-state index contributed by atoms with van der Waals surface area (Å²) in [5.41, 5.74) is 5.82. The molecule has 0 saturated heterocycles. The van der Waals surface area contributed by atoms with Crippen molar-refractivity contribution in [1.29, 1.82) is 0 Å². The fourth-order valence-corrected chi connectivity index (χ4v) is 1.91. The Hall–Kier alpha value is -1.28. The molecule has 1 aromatic rings. The predicted octanol–water partition coefficient (Wildman–Crippen LogP) is 3.30. The van der Waals surface area contributed by atoms with E-state index in [4.69, 9.17) is 10.5 Å². The molecular formula is C12H13BrF3NO3. The maximum absolute atomic E-state index is 12.3. The molecule has 0 amide bonds. The van der Waals surface area contributed by atoms with Gasteiger partial charge in [-0.1, -0.05) is 15.9 Å². The van der Waals surface area contributed by atoms with Crippen LogP contribution in [0.2, 0.25) is 0 Å². The highest BCUT2D eigenvalue weighted by molar-refractivity contribution is 9.10. The largest absolute Gasteiger partial charge is 0.573 e. The Morgan fingerprint density at radius 2 is 2.10 bits per heavy atom. The smallest absolute Gasteiger partial charge is 0.466 e. The highest BCUT2D eigenvalue weighted by Gasteiger charge is 2.33. The predicted molar refractivity (Wildman–Crippen MR) is 69.0 cm³/mol. The van der Waals surface area contributed by atoms with Gasteiger partial charge in [0.1, 0.15) is 5.75 Å². The van der Waals surface area contributed by atoms with Crippen LogP contribution >= 0.6 is 15.9 Å². The van der Waals surface area contributed by atoms with Crippen LogP contribution in [-0.2, 0) is 9.53 Å². The molecule has 1 aromatic carbocycles. The molecule has 1 rings (SSSR count). The lowest BCUT2D eigenvalue weighted by atomic mass is 10.0. The quantitative estimate of drug-likeness (QED) is 0.823. The molecule has 20 heavy (non-hydrogen) atoms. The molecule has 0 unspecified atom stereocenters. The van der Waals surface area contributed by atoms with Gasteiger partial charge in [-0.2, -0.15) is 0 Å². The van der Waals surface area contributed by atoms with E-state index in [-0.39, 0.29) is 18.6 Å². The fraction of sp³-hybridized carbons (Fsp3) is 0.417. The van der Waals surface area contributed by atoms with Crippen LogP contribution in [0, 0.1) is 0 Å². The first-order chi connectivity index (χ1) is 9.23. The van der Waals surface area contributed by atoms with Crippen LogP contribution < -0.4 is 10.5 Å². The Morgan fingerprint density at radius 3 is 2.65 bits per heavy atom. The average molecular weight is 356 g/mol. The van der Waals surface area contributed by atoms with Crippen LogP contribution in [-0.4, -0.2) is 18.9 Å². The van der Waals surface area contributed by atoms with Crippen LogP contribution in [0.5, 0.6) is 5.75 Å². The first kappa shape index (κ1) is 16.8. The second-order valence-corrected chi connectivity index (χ2v) is 4.76. The third-order valence-electron chi connectivity index (χ3n) is 2.29. The summed E-state index contributed by atoms with van der Waals surface area (Å²) in [5.74, 6) is -1.02. The normalized spacial score (nSPS) is 12.9. The molecule has 0 bridgehead atoms. The Bertz CT molecular complexity index is 480. The lowest BCUT2D eigenvalue weighted by Crippen LogP contribution is -2.22. The van der Waals surface area contributed by atoms with E-state index in [0.717, 1.165) is 6.07 Å². The molecule has 0 heterocycles. The van der Waals surface area contributed by atoms with Crippen molar-refractivity contribution >= 4 is 21.9 Å². The van der Waals surface area contributed by atoms with E-state index in [2.05, 4.69) is 20.7 Å². The topological polar surface area (TPSA) is 61.5 Å². The number of hydrogen-bond donors (Lipinski definition) is 1. The van der Waals surface area contributed by atoms with Gasteiger partial charge in [0, 0.05) is 16.1 Å². The van der Waals surface area contributed by atoms with E-state index >= 15 is 0 Å². The van der Waals surface area contributed by atoms with Crippen LogP contribution in [0.4, 0.5) is 13.2 Å². The van der Waals surface area contributed by atoms with Gasteiger partial charge >= 0.3 is 12.3 Å².